The average molecular weight is 371 g/mol. The van der Waals surface area contributed by atoms with Gasteiger partial charge in [0.1, 0.15) is 12.6 Å². The van der Waals surface area contributed by atoms with Crippen LogP contribution in [0.1, 0.15) is 23.5 Å². The molecule has 2 aromatic carbocycles. The molecule has 8 heteroatoms. The summed E-state index contributed by atoms with van der Waals surface area (Å²) < 4.78 is 5.24. The Morgan fingerprint density at radius 1 is 1.04 bits per heavy atom. The molecule has 1 aliphatic rings. The predicted octanol–water partition coefficient (Wildman–Crippen LogP) is 1.68. The first kappa shape index (κ1) is 19.9. The Hall–Kier alpha value is -3.39. The van der Waals surface area contributed by atoms with Crippen molar-refractivity contribution in [3.05, 3.63) is 59.7 Å². The fourth-order valence-electron chi connectivity index (χ4n) is 3.18. The van der Waals surface area contributed by atoms with E-state index in [-0.39, 0.29) is 18.0 Å². The van der Waals surface area contributed by atoms with Crippen LogP contribution in [0, 0.1) is 0 Å². The number of carbonyl (C=O) groups excluding carboxylic acids is 2. The number of fused-ring (bicyclic) bond motifs is 3. The minimum Gasteiger partial charge on any atom is -0.870 e. The molecule has 1 aliphatic carbocycles. The summed E-state index contributed by atoms with van der Waals surface area (Å²) >= 11 is 0. The number of nitrogens with two attached hydrogens (primary N) is 1. The first-order chi connectivity index (χ1) is 12.5. The second-order valence-electron chi connectivity index (χ2n) is 6.03. The van der Waals surface area contributed by atoms with Gasteiger partial charge in [-0.1, -0.05) is 48.5 Å². The van der Waals surface area contributed by atoms with Crippen LogP contribution >= 0.6 is 0 Å². The molecule has 3 rings (SSSR count). The lowest BCUT2D eigenvalue weighted by Gasteiger charge is -2.16. The van der Waals surface area contributed by atoms with E-state index in [0.717, 1.165) is 22.3 Å². The normalized spacial score (nSPS) is 12.9. The molecular weight excluding hydrogens is 352 g/mol. The lowest BCUT2D eigenvalue weighted by molar-refractivity contribution is -0.141. The lowest BCUT2D eigenvalue weighted by Crippen LogP contribution is -2.43. The number of benzene rings is 2. The highest BCUT2D eigenvalue weighted by Crippen LogP contribution is 2.44. The number of amides is 2. The van der Waals surface area contributed by atoms with Crippen molar-refractivity contribution in [2.24, 2.45) is 5.73 Å². The summed E-state index contributed by atoms with van der Waals surface area (Å²) in [5.74, 6) is -2.30. The van der Waals surface area contributed by atoms with Crippen LogP contribution in [0.15, 0.2) is 48.5 Å². The average Bonchev–Trinajstić information content (AvgIpc) is 2.93. The molecule has 2 amide bonds. The van der Waals surface area contributed by atoms with Crippen LogP contribution in [0.4, 0.5) is 4.79 Å². The van der Waals surface area contributed by atoms with Crippen LogP contribution in [0.3, 0.4) is 0 Å². The molecular formula is C19H19N2O6-. The van der Waals surface area contributed by atoms with E-state index in [4.69, 9.17) is 15.6 Å². The quantitative estimate of drug-likeness (QED) is 0.703. The Morgan fingerprint density at radius 2 is 1.56 bits per heavy atom. The van der Waals surface area contributed by atoms with Crippen molar-refractivity contribution in [2.45, 2.75) is 18.4 Å². The molecule has 0 heterocycles. The number of nitrogens with one attached hydrogen (secondary N) is 1. The molecule has 1 unspecified atom stereocenters. The molecule has 0 saturated carbocycles. The molecule has 27 heavy (non-hydrogen) atoms. The summed E-state index contributed by atoms with van der Waals surface area (Å²) in [4.78, 5) is 34.0. The summed E-state index contributed by atoms with van der Waals surface area (Å²) in [6.07, 6.45) is -1.40. The minimum absolute atomic E-state index is 0. The Morgan fingerprint density at radius 3 is 2.04 bits per heavy atom. The first-order valence-electron chi connectivity index (χ1n) is 8.10. The van der Waals surface area contributed by atoms with Gasteiger partial charge in [-0.15, -0.1) is 0 Å². The van der Waals surface area contributed by atoms with Gasteiger partial charge in [-0.3, -0.25) is 4.79 Å². The number of ether oxygens (including phenoxy) is 1. The van der Waals surface area contributed by atoms with Gasteiger partial charge in [0.25, 0.3) is 0 Å². The lowest BCUT2D eigenvalue weighted by atomic mass is 9.98. The molecule has 0 aliphatic heterocycles. The van der Waals surface area contributed by atoms with E-state index in [1.165, 1.54) is 0 Å². The van der Waals surface area contributed by atoms with Gasteiger partial charge in [0.2, 0.25) is 5.91 Å². The van der Waals surface area contributed by atoms with Gasteiger partial charge >= 0.3 is 12.1 Å². The van der Waals surface area contributed by atoms with Crippen LogP contribution in [-0.2, 0) is 14.3 Å². The van der Waals surface area contributed by atoms with E-state index in [2.05, 4.69) is 5.32 Å². The minimum atomic E-state index is -1.41. The Balaban J connectivity index is 0.00000261. The second kappa shape index (κ2) is 8.33. The first-order valence-corrected chi connectivity index (χ1v) is 8.10. The van der Waals surface area contributed by atoms with Gasteiger partial charge in [-0.2, -0.15) is 0 Å². The van der Waals surface area contributed by atoms with Crippen molar-refractivity contribution in [2.75, 3.05) is 6.61 Å². The third kappa shape index (κ3) is 4.24. The standard InChI is InChI=1S/C19H18N2O5.H2O/c20-17(22)9-16(18(23)24)21-19(25)26-10-15-13-7-3-1-5-11(13)12-6-2-4-8-14(12)15;/h1-8,15-16H,9-10H2,(H2,20,22)(H,21,25)(H,23,24);1H2/p-1. The zero-order valence-electron chi connectivity index (χ0n) is 14.3. The molecule has 0 fully saturated rings. The van der Waals surface area contributed by atoms with E-state index >= 15 is 0 Å². The van der Waals surface area contributed by atoms with Crippen molar-refractivity contribution in [3.8, 4) is 11.1 Å². The highest BCUT2D eigenvalue weighted by atomic mass is 16.5. The van der Waals surface area contributed by atoms with Crippen molar-refractivity contribution >= 4 is 18.0 Å². The van der Waals surface area contributed by atoms with Gasteiger partial charge in [0.15, 0.2) is 0 Å². The van der Waals surface area contributed by atoms with Crippen LogP contribution in [-0.4, -0.2) is 41.2 Å². The Kier molecular flexibility index (Phi) is 6.15. The third-order valence-electron chi connectivity index (χ3n) is 4.34. The number of carboxylic acids is 1. The predicted molar refractivity (Wildman–Crippen MR) is 95.4 cm³/mol. The summed E-state index contributed by atoms with van der Waals surface area (Å²) in [5.41, 5.74) is 9.27. The molecule has 2 aromatic rings. The number of hydrogen-bond donors (Lipinski definition) is 3. The van der Waals surface area contributed by atoms with E-state index in [0.29, 0.717) is 0 Å². The molecule has 8 nitrogen and oxygen atoms in total. The smallest absolute Gasteiger partial charge is 0.407 e. The van der Waals surface area contributed by atoms with Crippen LogP contribution in [0.2, 0.25) is 0 Å². The number of carboxylic acid groups (broad SMARTS) is 1. The molecule has 0 radical (unpaired) electrons. The number of primary amides is 1. The highest BCUT2D eigenvalue weighted by molar-refractivity contribution is 5.86. The molecule has 142 valence electrons. The molecule has 1 atom stereocenters. The summed E-state index contributed by atoms with van der Waals surface area (Å²) in [7, 11) is 0. The van der Waals surface area contributed by atoms with Gasteiger partial charge in [-0.25, -0.2) is 9.59 Å². The molecule has 0 saturated heterocycles. The summed E-state index contributed by atoms with van der Waals surface area (Å²) in [6, 6.07) is 14.3. The van der Waals surface area contributed by atoms with Gasteiger partial charge in [0.05, 0.1) is 6.42 Å². The maximum Gasteiger partial charge on any atom is 0.407 e. The van der Waals surface area contributed by atoms with E-state index in [9.17, 15) is 14.4 Å². The zero-order valence-corrected chi connectivity index (χ0v) is 14.3. The van der Waals surface area contributed by atoms with E-state index < -0.39 is 30.4 Å². The zero-order chi connectivity index (χ0) is 18.7. The third-order valence-corrected chi connectivity index (χ3v) is 4.34. The topological polar surface area (TPSA) is 149 Å². The highest BCUT2D eigenvalue weighted by Gasteiger charge is 2.30. The van der Waals surface area contributed by atoms with E-state index in [1.807, 2.05) is 48.5 Å². The van der Waals surface area contributed by atoms with Crippen molar-refractivity contribution in [1.82, 2.24) is 5.32 Å². The molecule has 0 bridgehead atoms. The largest absolute Gasteiger partial charge is 0.870 e. The van der Waals surface area contributed by atoms with Crippen LogP contribution < -0.4 is 11.1 Å². The van der Waals surface area contributed by atoms with Crippen LogP contribution in [0.5, 0.6) is 0 Å². The van der Waals surface area contributed by atoms with E-state index in [1.54, 1.807) is 0 Å². The van der Waals surface area contributed by atoms with Gasteiger partial charge in [-0.05, 0) is 22.3 Å². The molecule has 0 aromatic heterocycles. The number of rotatable bonds is 6. The Labute approximate surface area is 155 Å². The maximum atomic E-state index is 12.0. The second-order valence-corrected chi connectivity index (χ2v) is 6.03. The number of aliphatic carboxylic acids is 1. The molecule has 5 N–H and O–H groups in total. The summed E-state index contributed by atoms with van der Waals surface area (Å²) in [6.45, 7) is 0.0583. The van der Waals surface area contributed by atoms with Gasteiger partial charge < -0.3 is 26.4 Å². The fraction of sp³-hybridized carbons (Fsp3) is 0.211. The Bertz CT molecular complexity index is 821. The molecule has 0 spiro atoms. The van der Waals surface area contributed by atoms with Crippen molar-refractivity contribution in [1.29, 1.82) is 0 Å². The van der Waals surface area contributed by atoms with Crippen molar-refractivity contribution < 1.29 is 29.7 Å². The monoisotopic (exact) mass is 371 g/mol. The SMILES string of the molecule is NC(=O)CC(NC(=O)OCC1c2ccccc2-c2ccccc21)C(=O)O.[OH-]. The number of alkyl carbamates (subject to hydrolysis) is 1. The fourth-order valence-corrected chi connectivity index (χ4v) is 3.18. The summed E-state index contributed by atoms with van der Waals surface area (Å²) in [5, 5.41) is 11.2. The number of hydrogen-bond acceptors (Lipinski definition) is 5. The maximum absolute atomic E-state index is 12.0. The number of carbonyl (C=O) groups is 3. The van der Waals surface area contributed by atoms with Crippen molar-refractivity contribution in [3.63, 3.8) is 0 Å². The van der Waals surface area contributed by atoms with Crippen LogP contribution in [0.25, 0.3) is 11.1 Å². The van der Waals surface area contributed by atoms with Gasteiger partial charge in [0, 0.05) is 5.92 Å².